The first-order valence-electron chi connectivity index (χ1n) is 10.4. The van der Waals surface area contributed by atoms with Crippen molar-refractivity contribution in [2.75, 3.05) is 20.0 Å². The summed E-state index contributed by atoms with van der Waals surface area (Å²) in [5.74, 6) is 0.782. The Morgan fingerprint density at radius 3 is 2.19 bits per heavy atom. The number of ether oxygens (including phenoxy) is 3. The van der Waals surface area contributed by atoms with Crippen LogP contribution in [0.2, 0.25) is 0 Å². The Morgan fingerprint density at radius 2 is 1.55 bits per heavy atom. The molecule has 0 saturated heterocycles. The normalized spacial score (nSPS) is 12.2. The Balaban J connectivity index is 1.25. The number of hydrazine groups is 1. The Kier molecular flexibility index (Phi) is 6.82. The highest BCUT2D eigenvalue weighted by molar-refractivity contribution is 5.79. The van der Waals surface area contributed by atoms with Crippen LogP contribution in [0.4, 0.5) is 4.79 Å². The summed E-state index contributed by atoms with van der Waals surface area (Å²) in [7, 11) is 0. The number of hydrogen-bond donors (Lipinski definition) is 2. The molecule has 3 aromatic carbocycles. The summed E-state index contributed by atoms with van der Waals surface area (Å²) in [6.45, 7) is 3.52. The molecule has 6 nitrogen and oxygen atoms in total. The molecule has 0 unspecified atom stereocenters. The molecule has 0 radical (unpaired) electrons. The van der Waals surface area contributed by atoms with Crippen LogP contribution in [0.1, 0.15) is 29.5 Å². The summed E-state index contributed by atoms with van der Waals surface area (Å²) >= 11 is 0. The molecule has 0 bridgehead atoms. The van der Waals surface area contributed by atoms with Gasteiger partial charge in [-0.05, 0) is 46.9 Å². The van der Waals surface area contributed by atoms with Crippen molar-refractivity contribution < 1.29 is 19.0 Å². The van der Waals surface area contributed by atoms with Crippen LogP contribution in [-0.2, 0) is 16.0 Å². The number of fused-ring (bicyclic) bond motifs is 3. The van der Waals surface area contributed by atoms with Gasteiger partial charge in [0.25, 0.3) is 0 Å². The molecule has 6 heteroatoms. The minimum atomic E-state index is -0.501. The number of hydrogen-bond acceptors (Lipinski definition) is 5. The Bertz CT molecular complexity index is 975. The Hall–Kier alpha value is -3.35. The fraction of sp³-hybridized carbons (Fsp3) is 0.240. The fourth-order valence-electron chi connectivity index (χ4n) is 3.75. The summed E-state index contributed by atoms with van der Waals surface area (Å²) in [6, 6.07) is 24.1. The predicted molar refractivity (Wildman–Crippen MR) is 119 cm³/mol. The lowest BCUT2D eigenvalue weighted by Crippen LogP contribution is -2.37. The smallest absolute Gasteiger partial charge is 0.421 e. The monoisotopic (exact) mass is 418 g/mol. The van der Waals surface area contributed by atoms with E-state index in [1.165, 1.54) is 22.3 Å². The molecule has 1 aliphatic rings. The molecule has 0 spiro atoms. The molecular formula is C25H26N2O4. The summed E-state index contributed by atoms with van der Waals surface area (Å²) in [4.78, 5) is 12.2. The maximum Gasteiger partial charge on any atom is 0.421 e. The lowest BCUT2D eigenvalue weighted by molar-refractivity contribution is 0.0224. The van der Waals surface area contributed by atoms with Crippen molar-refractivity contribution in [1.82, 2.24) is 10.9 Å². The van der Waals surface area contributed by atoms with Crippen molar-refractivity contribution >= 4 is 6.09 Å². The molecule has 0 aromatic heterocycles. The number of amides is 1. The maximum atomic E-state index is 12.2. The summed E-state index contributed by atoms with van der Waals surface area (Å²) < 4.78 is 16.1. The van der Waals surface area contributed by atoms with Gasteiger partial charge in [0.05, 0.1) is 0 Å². The Morgan fingerprint density at radius 1 is 0.903 bits per heavy atom. The maximum absolute atomic E-state index is 12.2. The molecule has 0 atom stereocenters. The molecular weight excluding hydrogens is 392 g/mol. The third kappa shape index (κ3) is 5.05. The van der Waals surface area contributed by atoms with Crippen LogP contribution >= 0.6 is 0 Å². The van der Waals surface area contributed by atoms with Crippen LogP contribution < -0.4 is 15.6 Å². The van der Waals surface area contributed by atoms with Crippen LogP contribution in [0.25, 0.3) is 11.1 Å². The molecule has 3 aromatic rings. The zero-order valence-electron chi connectivity index (χ0n) is 17.5. The van der Waals surface area contributed by atoms with E-state index in [1.54, 1.807) is 0 Å². The lowest BCUT2D eigenvalue weighted by atomic mass is 9.98. The van der Waals surface area contributed by atoms with Gasteiger partial charge in [-0.1, -0.05) is 60.7 Å². The minimum absolute atomic E-state index is 0.0439. The molecule has 1 aliphatic carbocycles. The van der Waals surface area contributed by atoms with Gasteiger partial charge < -0.3 is 14.2 Å². The number of benzene rings is 3. The van der Waals surface area contributed by atoms with E-state index in [0.29, 0.717) is 13.2 Å². The zero-order valence-corrected chi connectivity index (χ0v) is 17.5. The van der Waals surface area contributed by atoms with Gasteiger partial charge >= 0.3 is 6.09 Å². The first-order valence-corrected chi connectivity index (χ1v) is 10.4. The molecule has 1 amide bonds. The number of rotatable bonds is 9. The highest BCUT2D eigenvalue weighted by atomic mass is 16.7. The average molecular weight is 418 g/mol. The Labute approximate surface area is 182 Å². The van der Waals surface area contributed by atoms with E-state index in [2.05, 4.69) is 35.1 Å². The highest BCUT2D eigenvalue weighted by Crippen LogP contribution is 2.44. The van der Waals surface area contributed by atoms with E-state index in [1.807, 2.05) is 55.5 Å². The largest absolute Gasteiger partial charge is 0.468 e. The number of nitrogens with one attached hydrogen (secondary N) is 2. The summed E-state index contributed by atoms with van der Waals surface area (Å²) in [6.07, 6.45) is -0.501. The van der Waals surface area contributed by atoms with Gasteiger partial charge in [-0.15, -0.1) is 0 Å². The molecule has 0 heterocycles. The molecule has 0 aliphatic heterocycles. The van der Waals surface area contributed by atoms with Gasteiger partial charge in [0.1, 0.15) is 12.4 Å². The first-order chi connectivity index (χ1) is 15.3. The number of carbonyl (C=O) groups excluding carboxylic acids is 1. The topological polar surface area (TPSA) is 68.8 Å². The van der Waals surface area contributed by atoms with Crippen LogP contribution in [0.5, 0.6) is 5.75 Å². The number of carbonyl (C=O) groups is 1. The van der Waals surface area contributed by atoms with Crippen molar-refractivity contribution in [2.24, 2.45) is 0 Å². The molecule has 2 N–H and O–H groups in total. The lowest BCUT2D eigenvalue weighted by Gasteiger charge is -2.15. The second-order valence-corrected chi connectivity index (χ2v) is 7.20. The standard InChI is InChI=1S/C25H26N2O4/c1-2-29-17-31-19-13-11-18(12-14-19)15-26-27-25(28)30-16-24-22-9-5-3-7-20(22)21-8-4-6-10-23(21)24/h3-14,24,26H,2,15-17H2,1H3,(H,27,28). The molecule has 160 valence electrons. The molecule has 0 saturated carbocycles. The average Bonchev–Trinajstić information content (AvgIpc) is 3.13. The second kappa shape index (κ2) is 10.1. The van der Waals surface area contributed by atoms with Crippen LogP contribution in [0.3, 0.4) is 0 Å². The van der Waals surface area contributed by atoms with Gasteiger partial charge in [0, 0.05) is 19.1 Å². The van der Waals surface area contributed by atoms with Gasteiger partial charge in [-0.25, -0.2) is 10.2 Å². The predicted octanol–water partition coefficient (Wildman–Crippen LogP) is 4.60. The van der Waals surface area contributed by atoms with Crippen molar-refractivity contribution in [1.29, 1.82) is 0 Å². The van der Waals surface area contributed by atoms with Crippen LogP contribution in [0.15, 0.2) is 72.8 Å². The van der Waals surface area contributed by atoms with Crippen LogP contribution in [-0.4, -0.2) is 26.1 Å². The van der Waals surface area contributed by atoms with Gasteiger partial charge in [0.15, 0.2) is 6.79 Å². The molecule has 0 fully saturated rings. The van der Waals surface area contributed by atoms with Crippen molar-refractivity contribution in [2.45, 2.75) is 19.4 Å². The van der Waals surface area contributed by atoms with Crippen molar-refractivity contribution in [3.63, 3.8) is 0 Å². The zero-order chi connectivity index (χ0) is 21.5. The van der Waals surface area contributed by atoms with Gasteiger partial charge in [-0.3, -0.25) is 5.43 Å². The third-order valence-corrected chi connectivity index (χ3v) is 5.26. The van der Waals surface area contributed by atoms with E-state index in [0.717, 1.165) is 11.3 Å². The summed E-state index contributed by atoms with van der Waals surface area (Å²) in [5.41, 5.74) is 11.3. The SMILES string of the molecule is CCOCOc1ccc(CNNC(=O)OCC2c3ccccc3-c3ccccc32)cc1. The first kappa shape index (κ1) is 20.9. The van der Waals surface area contributed by atoms with Gasteiger partial charge in [0.2, 0.25) is 0 Å². The highest BCUT2D eigenvalue weighted by Gasteiger charge is 2.28. The second-order valence-electron chi connectivity index (χ2n) is 7.20. The van der Waals surface area contributed by atoms with Crippen molar-refractivity contribution in [3.05, 3.63) is 89.5 Å². The molecule has 31 heavy (non-hydrogen) atoms. The quantitative estimate of drug-likeness (QED) is 0.302. The molecule has 4 rings (SSSR count). The van der Waals surface area contributed by atoms with E-state index in [9.17, 15) is 4.79 Å². The third-order valence-electron chi connectivity index (χ3n) is 5.26. The minimum Gasteiger partial charge on any atom is -0.468 e. The fourth-order valence-corrected chi connectivity index (χ4v) is 3.75. The summed E-state index contributed by atoms with van der Waals surface area (Å²) in [5, 5.41) is 0. The van der Waals surface area contributed by atoms with Gasteiger partial charge in [-0.2, -0.15) is 0 Å². The van der Waals surface area contributed by atoms with E-state index < -0.39 is 6.09 Å². The van der Waals surface area contributed by atoms with E-state index in [-0.39, 0.29) is 19.3 Å². The van der Waals surface area contributed by atoms with E-state index in [4.69, 9.17) is 14.2 Å². The van der Waals surface area contributed by atoms with E-state index >= 15 is 0 Å². The van der Waals surface area contributed by atoms with Crippen LogP contribution in [0, 0.1) is 0 Å². The van der Waals surface area contributed by atoms with Crippen molar-refractivity contribution in [3.8, 4) is 16.9 Å².